The molecular weight excluding hydrogens is 257 g/mol. The van der Waals surface area contributed by atoms with Gasteiger partial charge in [-0.2, -0.15) is 0 Å². The number of para-hydroxylation sites is 1. The van der Waals surface area contributed by atoms with E-state index in [0.29, 0.717) is 13.2 Å². The highest BCUT2D eigenvalue weighted by Crippen LogP contribution is 2.08. The van der Waals surface area contributed by atoms with E-state index in [9.17, 15) is 4.39 Å². The normalized spacial score (nSPS) is 10.7. The van der Waals surface area contributed by atoms with Gasteiger partial charge in [0.2, 0.25) is 0 Å². The zero-order valence-corrected chi connectivity index (χ0v) is 11.0. The average molecular weight is 273 g/mol. The zero-order valence-electron chi connectivity index (χ0n) is 11.0. The first-order valence-electron chi connectivity index (χ1n) is 6.43. The molecule has 3 nitrogen and oxygen atoms in total. The SMILES string of the molecule is Fc1ccc(C=NOCCCOc2ccccc2)cc1. The van der Waals surface area contributed by atoms with Crippen LogP contribution in [0.2, 0.25) is 0 Å². The lowest BCUT2D eigenvalue weighted by Crippen LogP contribution is -2.01. The number of oxime groups is 1. The molecule has 0 aliphatic carbocycles. The van der Waals surface area contributed by atoms with Gasteiger partial charge in [0.25, 0.3) is 0 Å². The molecule has 0 N–H and O–H groups in total. The molecule has 0 unspecified atom stereocenters. The summed E-state index contributed by atoms with van der Waals surface area (Å²) in [5.41, 5.74) is 0.798. The molecule has 0 atom stereocenters. The minimum absolute atomic E-state index is 0.263. The molecule has 2 rings (SSSR count). The molecule has 104 valence electrons. The average Bonchev–Trinajstić information content (AvgIpc) is 2.49. The summed E-state index contributed by atoms with van der Waals surface area (Å²) in [5.74, 6) is 0.587. The molecule has 0 heterocycles. The highest BCUT2D eigenvalue weighted by molar-refractivity contribution is 5.78. The first kappa shape index (κ1) is 14.1. The molecule has 0 aromatic heterocycles. The summed E-state index contributed by atoms with van der Waals surface area (Å²) in [4.78, 5) is 5.10. The number of nitrogens with zero attached hydrogens (tertiary/aromatic N) is 1. The van der Waals surface area contributed by atoms with Crippen LogP contribution in [0.3, 0.4) is 0 Å². The van der Waals surface area contributed by atoms with Crippen LogP contribution in [0, 0.1) is 5.82 Å². The van der Waals surface area contributed by atoms with Crippen molar-refractivity contribution < 1.29 is 14.0 Å². The summed E-state index contributed by atoms with van der Waals surface area (Å²) in [6, 6.07) is 15.7. The Kier molecular flexibility index (Phi) is 5.58. The summed E-state index contributed by atoms with van der Waals surface area (Å²) < 4.78 is 18.2. The predicted octanol–water partition coefficient (Wildman–Crippen LogP) is 3.65. The lowest BCUT2D eigenvalue weighted by atomic mass is 10.2. The van der Waals surface area contributed by atoms with E-state index in [1.807, 2.05) is 30.3 Å². The van der Waals surface area contributed by atoms with Crippen molar-refractivity contribution in [2.45, 2.75) is 6.42 Å². The molecule has 2 aromatic rings. The van der Waals surface area contributed by atoms with E-state index >= 15 is 0 Å². The molecule has 4 heteroatoms. The lowest BCUT2D eigenvalue weighted by Gasteiger charge is -2.04. The summed E-state index contributed by atoms with van der Waals surface area (Å²) in [6.45, 7) is 1.06. The highest BCUT2D eigenvalue weighted by Gasteiger charge is 1.92. The second-order valence-electron chi connectivity index (χ2n) is 4.13. The van der Waals surface area contributed by atoms with Crippen molar-refractivity contribution in [3.05, 3.63) is 66.0 Å². The monoisotopic (exact) mass is 273 g/mol. The van der Waals surface area contributed by atoms with Gasteiger partial charge in [0, 0.05) is 6.42 Å². The topological polar surface area (TPSA) is 30.8 Å². The van der Waals surface area contributed by atoms with Gasteiger partial charge in [0.15, 0.2) is 0 Å². The van der Waals surface area contributed by atoms with Crippen molar-refractivity contribution in [2.75, 3.05) is 13.2 Å². The van der Waals surface area contributed by atoms with Gasteiger partial charge in [0.1, 0.15) is 18.2 Å². The van der Waals surface area contributed by atoms with Gasteiger partial charge in [-0.15, -0.1) is 0 Å². The lowest BCUT2D eigenvalue weighted by molar-refractivity contribution is 0.129. The number of hydrogen-bond acceptors (Lipinski definition) is 3. The Balaban J connectivity index is 1.58. The van der Waals surface area contributed by atoms with Crippen LogP contribution in [-0.2, 0) is 4.84 Å². The summed E-state index contributed by atoms with van der Waals surface area (Å²) in [6.07, 6.45) is 2.30. The first-order valence-corrected chi connectivity index (χ1v) is 6.43. The Morgan fingerprint density at radius 2 is 1.70 bits per heavy atom. The maximum absolute atomic E-state index is 12.7. The number of rotatable bonds is 7. The van der Waals surface area contributed by atoms with E-state index in [4.69, 9.17) is 9.57 Å². The van der Waals surface area contributed by atoms with Crippen LogP contribution < -0.4 is 4.74 Å². The fourth-order valence-electron chi connectivity index (χ4n) is 1.53. The Bertz CT molecular complexity index is 526. The maximum atomic E-state index is 12.7. The zero-order chi connectivity index (χ0) is 14.0. The molecular formula is C16H16FNO2. The molecule has 0 aliphatic heterocycles. The maximum Gasteiger partial charge on any atom is 0.123 e. The fourth-order valence-corrected chi connectivity index (χ4v) is 1.53. The molecule has 0 saturated heterocycles. The van der Waals surface area contributed by atoms with Gasteiger partial charge in [-0.1, -0.05) is 35.5 Å². The molecule has 0 fully saturated rings. The standard InChI is InChI=1S/C16H16FNO2/c17-15-9-7-14(8-10-15)13-18-20-12-4-11-19-16-5-2-1-3-6-16/h1-3,5-10,13H,4,11-12H2. The largest absolute Gasteiger partial charge is 0.493 e. The van der Waals surface area contributed by atoms with E-state index in [0.717, 1.165) is 17.7 Å². The van der Waals surface area contributed by atoms with Crippen LogP contribution in [0.25, 0.3) is 0 Å². The number of ether oxygens (including phenoxy) is 1. The van der Waals surface area contributed by atoms with Crippen molar-refractivity contribution in [1.82, 2.24) is 0 Å². The van der Waals surface area contributed by atoms with Crippen molar-refractivity contribution in [3.63, 3.8) is 0 Å². The quantitative estimate of drug-likeness (QED) is 0.438. The second-order valence-corrected chi connectivity index (χ2v) is 4.13. The Hall–Kier alpha value is -2.36. The van der Waals surface area contributed by atoms with Gasteiger partial charge in [-0.3, -0.25) is 0 Å². The third-order valence-corrected chi connectivity index (χ3v) is 2.54. The minimum Gasteiger partial charge on any atom is -0.493 e. The van der Waals surface area contributed by atoms with E-state index in [1.54, 1.807) is 18.3 Å². The Labute approximate surface area is 117 Å². The van der Waals surface area contributed by atoms with Crippen LogP contribution in [0.4, 0.5) is 4.39 Å². The molecule has 0 radical (unpaired) electrons. The molecule has 0 saturated carbocycles. The van der Waals surface area contributed by atoms with Crippen LogP contribution >= 0.6 is 0 Å². The van der Waals surface area contributed by atoms with Crippen LogP contribution in [0.15, 0.2) is 59.8 Å². The Morgan fingerprint density at radius 1 is 0.950 bits per heavy atom. The van der Waals surface area contributed by atoms with Crippen LogP contribution in [0.1, 0.15) is 12.0 Å². The van der Waals surface area contributed by atoms with Gasteiger partial charge in [-0.05, 0) is 29.8 Å². The molecule has 2 aromatic carbocycles. The molecule has 0 aliphatic rings. The number of benzene rings is 2. The second kappa shape index (κ2) is 7.94. The minimum atomic E-state index is -0.263. The van der Waals surface area contributed by atoms with Crippen LogP contribution in [0.5, 0.6) is 5.75 Å². The third-order valence-electron chi connectivity index (χ3n) is 2.54. The smallest absolute Gasteiger partial charge is 0.123 e. The summed E-state index contributed by atoms with van der Waals surface area (Å²) in [7, 11) is 0. The molecule has 0 amide bonds. The summed E-state index contributed by atoms with van der Waals surface area (Å²) >= 11 is 0. The Morgan fingerprint density at radius 3 is 2.45 bits per heavy atom. The van der Waals surface area contributed by atoms with Crippen molar-refractivity contribution in [3.8, 4) is 5.75 Å². The van der Waals surface area contributed by atoms with E-state index in [-0.39, 0.29) is 5.82 Å². The van der Waals surface area contributed by atoms with Crippen molar-refractivity contribution >= 4 is 6.21 Å². The molecule has 20 heavy (non-hydrogen) atoms. The molecule has 0 bridgehead atoms. The van der Waals surface area contributed by atoms with E-state index in [1.165, 1.54) is 12.1 Å². The predicted molar refractivity (Wildman–Crippen MR) is 76.5 cm³/mol. The van der Waals surface area contributed by atoms with Crippen LogP contribution in [-0.4, -0.2) is 19.4 Å². The highest BCUT2D eigenvalue weighted by atomic mass is 19.1. The number of hydrogen-bond donors (Lipinski definition) is 0. The third kappa shape index (κ3) is 5.10. The van der Waals surface area contributed by atoms with Gasteiger partial charge >= 0.3 is 0 Å². The first-order chi connectivity index (χ1) is 9.84. The van der Waals surface area contributed by atoms with Crippen molar-refractivity contribution in [2.24, 2.45) is 5.16 Å². The number of halogens is 1. The summed E-state index contributed by atoms with van der Waals surface area (Å²) in [5, 5.41) is 3.81. The van der Waals surface area contributed by atoms with E-state index in [2.05, 4.69) is 5.16 Å². The van der Waals surface area contributed by atoms with Crippen molar-refractivity contribution in [1.29, 1.82) is 0 Å². The van der Waals surface area contributed by atoms with E-state index < -0.39 is 0 Å². The fraction of sp³-hybridized carbons (Fsp3) is 0.188. The molecule has 0 spiro atoms. The van der Waals surface area contributed by atoms with Gasteiger partial charge in [-0.25, -0.2) is 4.39 Å². The van der Waals surface area contributed by atoms with Gasteiger partial charge in [0.05, 0.1) is 12.8 Å². The van der Waals surface area contributed by atoms with Gasteiger partial charge < -0.3 is 9.57 Å².